The lowest BCUT2D eigenvalue weighted by Gasteiger charge is -2.50. The molecule has 16 heteroatoms. The number of carbonyl (C=O) groups excluding carboxylic acids is 4. The van der Waals surface area contributed by atoms with Crippen LogP contribution in [0.1, 0.15) is 53.9 Å². The maximum atomic E-state index is 15.3. The molecule has 4 amide bonds. The van der Waals surface area contributed by atoms with E-state index in [0.717, 1.165) is 4.90 Å². The van der Waals surface area contributed by atoms with E-state index in [-0.39, 0.29) is 50.0 Å². The SMILES string of the molecule is C=CCc1cccc(C2C3=CCC4C(=O)N(CCCC(=O)O)C(=O)C4C3CC3C(=O)N(Nc4ncc(C(F)(F)F)cc4Cl)C(=O)C32c2ccc(Cl)cc2)c1O. The highest BCUT2D eigenvalue weighted by atomic mass is 35.5. The zero-order chi connectivity index (χ0) is 39.6. The molecular formula is C39H33Cl2F3N4O7. The summed E-state index contributed by atoms with van der Waals surface area (Å²) in [7, 11) is 0. The van der Waals surface area contributed by atoms with Crippen LogP contribution in [0.15, 0.2) is 79.0 Å². The summed E-state index contributed by atoms with van der Waals surface area (Å²) >= 11 is 12.5. The van der Waals surface area contributed by atoms with Crippen LogP contribution in [0.2, 0.25) is 10.0 Å². The maximum Gasteiger partial charge on any atom is 0.417 e. The number of phenols is 1. The van der Waals surface area contributed by atoms with Gasteiger partial charge in [0, 0.05) is 35.7 Å². The monoisotopic (exact) mass is 796 g/mol. The molecule has 3 N–H and O–H groups in total. The highest BCUT2D eigenvalue weighted by molar-refractivity contribution is 6.33. The van der Waals surface area contributed by atoms with E-state index < -0.39 is 87.2 Å². The number of pyridine rings is 1. The first-order valence-electron chi connectivity index (χ1n) is 17.4. The second-order valence-electron chi connectivity index (χ2n) is 14.1. The Labute approximate surface area is 322 Å². The highest BCUT2D eigenvalue weighted by Crippen LogP contribution is 2.65. The van der Waals surface area contributed by atoms with E-state index in [4.69, 9.17) is 23.2 Å². The van der Waals surface area contributed by atoms with Crippen molar-refractivity contribution in [3.63, 3.8) is 0 Å². The van der Waals surface area contributed by atoms with E-state index >= 15 is 4.79 Å². The summed E-state index contributed by atoms with van der Waals surface area (Å²) in [4.78, 5) is 74.1. The summed E-state index contributed by atoms with van der Waals surface area (Å²) in [6.07, 6.45) is -0.878. The second kappa shape index (κ2) is 14.1. The van der Waals surface area contributed by atoms with Crippen molar-refractivity contribution < 1.29 is 47.4 Å². The number of aromatic hydroxyl groups is 1. The van der Waals surface area contributed by atoms with Crippen LogP contribution in [0.5, 0.6) is 5.75 Å². The normalized spacial score (nSPS) is 26.1. The number of amides is 4. The molecule has 3 heterocycles. The number of likely N-dealkylation sites (tertiary alicyclic amines) is 1. The number of rotatable bonds is 10. The Hall–Kier alpha value is -5.21. The first-order chi connectivity index (χ1) is 26.1. The largest absolute Gasteiger partial charge is 0.507 e. The van der Waals surface area contributed by atoms with Gasteiger partial charge in [-0.1, -0.05) is 71.3 Å². The minimum Gasteiger partial charge on any atom is -0.507 e. The number of aliphatic carboxylic acids is 1. The topological polar surface area (TPSA) is 157 Å². The van der Waals surface area contributed by atoms with Crippen LogP contribution >= 0.6 is 23.2 Å². The lowest BCUT2D eigenvalue weighted by Crippen LogP contribution is -2.53. The Morgan fingerprint density at radius 3 is 2.44 bits per heavy atom. The van der Waals surface area contributed by atoms with Crippen LogP contribution in [-0.2, 0) is 42.0 Å². The van der Waals surface area contributed by atoms with Crippen LogP contribution in [0, 0.1) is 23.7 Å². The van der Waals surface area contributed by atoms with E-state index in [1.165, 1.54) is 0 Å². The molecule has 2 aliphatic carbocycles. The minimum absolute atomic E-state index is 0.0419. The van der Waals surface area contributed by atoms with Gasteiger partial charge in [-0.05, 0) is 60.9 Å². The number of anilines is 1. The molecule has 4 aliphatic rings. The molecule has 3 fully saturated rings. The Balaban J connectivity index is 1.42. The number of hydrogen-bond acceptors (Lipinski definition) is 8. The molecule has 0 radical (unpaired) electrons. The number of alkyl halides is 3. The third-order valence-electron chi connectivity index (χ3n) is 11.2. The predicted octanol–water partition coefficient (Wildman–Crippen LogP) is 6.69. The van der Waals surface area contributed by atoms with Crippen molar-refractivity contribution in [1.82, 2.24) is 14.9 Å². The molecular weight excluding hydrogens is 764 g/mol. The first kappa shape index (κ1) is 38.1. The van der Waals surface area contributed by atoms with Crippen molar-refractivity contribution in [1.29, 1.82) is 0 Å². The summed E-state index contributed by atoms with van der Waals surface area (Å²) < 4.78 is 40.4. The van der Waals surface area contributed by atoms with E-state index in [9.17, 15) is 42.6 Å². The fourth-order valence-electron chi connectivity index (χ4n) is 8.97. The van der Waals surface area contributed by atoms with Gasteiger partial charge in [0.25, 0.3) is 11.8 Å². The average Bonchev–Trinajstić information content (AvgIpc) is 3.50. The summed E-state index contributed by atoms with van der Waals surface area (Å²) in [5, 5.41) is 21.6. The van der Waals surface area contributed by atoms with Crippen molar-refractivity contribution in [3.8, 4) is 5.75 Å². The Kier molecular flexibility index (Phi) is 9.79. The zero-order valence-corrected chi connectivity index (χ0v) is 30.4. The quantitative estimate of drug-likeness (QED) is 0.150. The van der Waals surface area contributed by atoms with Crippen LogP contribution in [0.3, 0.4) is 0 Å². The number of nitrogens with zero attached hydrogens (tertiary/aromatic N) is 3. The van der Waals surface area contributed by atoms with E-state index in [1.807, 2.05) is 0 Å². The molecule has 1 saturated carbocycles. The molecule has 0 bridgehead atoms. The summed E-state index contributed by atoms with van der Waals surface area (Å²) in [6, 6.07) is 11.9. The van der Waals surface area contributed by atoms with Crippen molar-refractivity contribution in [2.45, 2.75) is 49.6 Å². The van der Waals surface area contributed by atoms with Gasteiger partial charge >= 0.3 is 12.1 Å². The fraction of sp³-hybridized carbons (Fsp3) is 0.333. The molecule has 3 aromatic rings. The van der Waals surface area contributed by atoms with Gasteiger partial charge in [-0.15, -0.1) is 6.58 Å². The van der Waals surface area contributed by atoms with Gasteiger partial charge in [-0.25, -0.2) is 4.98 Å². The average molecular weight is 798 g/mol. The number of imide groups is 2. The number of allylic oxidation sites excluding steroid dienone is 3. The standard InChI is InChI=1S/C39H33Cl2F3N4O7/c1-2-5-19-6-3-7-25(32(19)51)31-23-13-14-24-30(36(54)47(34(24)52)15-4-8-29(49)50)26(23)17-27-35(53)48(37(55)38(27,31)20-9-11-22(40)12-10-20)46-33-28(41)16-21(18-45-33)39(42,43)44/h2-3,6-7,9-13,16,18,24,26-27,30-31,51H,1,4-5,8,14-15,17H2,(H,45,46)(H,49,50). The third kappa shape index (κ3) is 6.15. The number of nitrogens with one attached hydrogen (secondary N) is 1. The molecule has 1 aromatic heterocycles. The minimum atomic E-state index is -4.77. The number of carboxylic acids is 1. The fourth-order valence-corrected chi connectivity index (χ4v) is 9.30. The van der Waals surface area contributed by atoms with Crippen molar-refractivity contribution in [2.24, 2.45) is 23.7 Å². The Bertz CT molecular complexity index is 2180. The molecule has 2 aliphatic heterocycles. The lowest BCUT2D eigenvalue weighted by molar-refractivity contribution is -0.142. The number of hydrogen-bond donors (Lipinski definition) is 3. The lowest BCUT2D eigenvalue weighted by atomic mass is 9.49. The Morgan fingerprint density at radius 2 is 1.78 bits per heavy atom. The first-order valence-corrected chi connectivity index (χ1v) is 18.2. The zero-order valence-electron chi connectivity index (χ0n) is 28.9. The molecule has 6 atom stereocenters. The predicted molar refractivity (Wildman–Crippen MR) is 192 cm³/mol. The van der Waals surface area contributed by atoms with Gasteiger partial charge in [0.1, 0.15) is 5.75 Å². The van der Waals surface area contributed by atoms with Crippen LogP contribution in [0.25, 0.3) is 0 Å². The number of fused-ring (bicyclic) bond motifs is 4. The molecule has 2 saturated heterocycles. The molecule has 286 valence electrons. The summed E-state index contributed by atoms with van der Waals surface area (Å²) in [6.45, 7) is 3.67. The second-order valence-corrected chi connectivity index (χ2v) is 14.9. The molecule has 0 spiro atoms. The maximum absolute atomic E-state index is 15.3. The number of aromatic nitrogens is 1. The van der Waals surface area contributed by atoms with Crippen molar-refractivity contribution in [3.05, 3.63) is 111 Å². The van der Waals surface area contributed by atoms with Crippen LogP contribution in [-0.4, -0.2) is 61.2 Å². The number of benzene rings is 2. The number of para-hydroxylation sites is 1. The van der Waals surface area contributed by atoms with Crippen molar-refractivity contribution in [2.75, 3.05) is 12.0 Å². The molecule has 11 nitrogen and oxygen atoms in total. The van der Waals surface area contributed by atoms with Gasteiger partial charge in [-0.2, -0.15) is 18.2 Å². The van der Waals surface area contributed by atoms with Gasteiger partial charge < -0.3 is 10.2 Å². The summed E-state index contributed by atoms with van der Waals surface area (Å²) in [5.74, 6) is -9.22. The summed E-state index contributed by atoms with van der Waals surface area (Å²) in [5.41, 5.74) is 1.20. The number of phenolic OH excluding ortho intramolecular Hbond substituents is 1. The van der Waals surface area contributed by atoms with Gasteiger partial charge in [-0.3, -0.25) is 34.3 Å². The van der Waals surface area contributed by atoms with Crippen LogP contribution in [0.4, 0.5) is 19.0 Å². The Morgan fingerprint density at radius 1 is 1.05 bits per heavy atom. The third-order valence-corrected chi connectivity index (χ3v) is 11.8. The molecule has 7 rings (SSSR count). The number of halogens is 5. The van der Waals surface area contributed by atoms with Gasteiger partial charge in [0.15, 0.2) is 5.82 Å². The smallest absolute Gasteiger partial charge is 0.417 e. The molecule has 2 aromatic carbocycles. The van der Waals surface area contributed by atoms with Crippen LogP contribution < -0.4 is 5.43 Å². The number of carbonyl (C=O) groups is 5. The van der Waals surface area contributed by atoms with E-state index in [0.29, 0.717) is 39.0 Å². The van der Waals surface area contributed by atoms with Gasteiger partial charge in [0.2, 0.25) is 11.8 Å². The van der Waals surface area contributed by atoms with Gasteiger partial charge in [0.05, 0.1) is 33.8 Å². The molecule has 55 heavy (non-hydrogen) atoms. The molecule has 6 unspecified atom stereocenters. The highest BCUT2D eigenvalue weighted by Gasteiger charge is 2.70. The number of carboxylic acid groups (broad SMARTS) is 1. The van der Waals surface area contributed by atoms with Crippen molar-refractivity contribution >= 4 is 58.6 Å². The number of hydrazine groups is 1. The van der Waals surface area contributed by atoms with E-state index in [1.54, 1.807) is 54.6 Å². The van der Waals surface area contributed by atoms with E-state index in [2.05, 4.69) is 17.0 Å².